The van der Waals surface area contributed by atoms with E-state index in [9.17, 15) is 4.39 Å². The molecule has 4 rings (SSSR count). The van der Waals surface area contributed by atoms with Crippen LogP contribution < -0.4 is 20.5 Å². The molecule has 152 valence electrons. The molecule has 0 bridgehead atoms. The van der Waals surface area contributed by atoms with E-state index in [1.807, 2.05) is 0 Å². The lowest BCUT2D eigenvalue weighted by Gasteiger charge is -2.16. The Hall–Kier alpha value is -3.17. The number of ether oxygens (including phenoxy) is 4. The molecule has 0 radical (unpaired) electrons. The minimum absolute atomic E-state index is 0.259. The number of hydrogen-bond acceptors (Lipinski definition) is 8. The van der Waals surface area contributed by atoms with Gasteiger partial charge in [-0.1, -0.05) is 0 Å². The van der Waals surface area contributed by atoms with E-state index in [0.717, 1.165) is 0 Å². The lowest BCUT2D eigenvalue weighted by Crippen LogP contribution is -2.15. The summed E-state index contributed by atoms with van der Waals surface area (Å²) in [6.45, 7) is 2.60. The van der Waals surface area contributed by atoms with Crippen LogP contribution in [0.1, 0.15) is 0 Å². The van der Waals surface area contributed by atoms with Crippen LogP contribution in [0.15, 0.2) is 36.7 Å². The minimum Gasteiger partial charge on any atom is -0.487 e. The molecule has 1 aromatic heterocycles. The van der Waals surface area contributed by atoms with Crippen LogP contribution >= 0.6 is 0 Å². The Balaban J connectivity index is 1.68. The first-order valence-electron chi connectivity index (χ1n) is 9.22. The van der Waals surface area contributed by atoms with Crippen LogP contribution in [-0.4, -0.2) is 49.6 Å². The normalized spacial score (nSPS) is 15.3. The molecule has 3 aromatic rings. The van der Waals surface area contributed by atoms with E-state index in [1.165, 1.54) is 12.4 Å². The third kappa shape index (κ3) is 4.64. The monoisotopic (exact) mass is 400 g/mol. The number of anilines is 3. The van der Waals surface area contributed by atoms with Crippen molar-refractivity contribution in [3.63, 3.8) is 0 Å². The number of nitrogen functional groups attached to an aromatic ring is 1. The standard InChI is InChI=1S/C20H21FN4O4/c21-15-9-13(22)1-2-16(15)25-20-14-10-18-19(11-17(14)23-12-24-20)29-8-6-27-4-3-26-5-7-28-18/h1-2,9-12H,3-8,22H2,(H,23,24,25). The number of nitrogens with zero attached hydrogens (tertiary/aromatic N) is 2. The van der Waals surface area contributed by atoms with E-state index >= 15 is 0 Å². The van der Waals surface area contributed by atoms with Crippen molar-refractivity contribution in [3.8, 4) is 11.5 Å². The second kappa shape index (κ2) is 8.89. The Bertz CT molecular complexity index is 1000. The van der Waals surface area contributed by atoms with Gasteiger partial charge in [0, 0.05) is 17.1 Å². The fourth-order valence-electron chi connectivity index (χ4n) is 2.89. The molecular weight excluding hydrogens is 379 g/mol. The lowest BCUT2D eigenvalue weighted by molar-refractivity contribution is 0.0224. The zero-order valence-electron chi connectivity index (χ0n) is 15.7. The molecule has 0 unspecified atom stereocenters. The van der Waals surface area contributed by atoms with Gasteiger partial charge in [0.25, 0.3) is 0 Å². The Morgan fingerprint density at radius 3 is 2.28 bits per heavy atom. The molecule has 0 spiro atoms. The van der Waals surface area contributed by atoms with Crippen LogP contribution in [0.25, 0.3) is 10.9 Å². The maximum atomic E-state index is 14.2. The van der Waals surface area contributed by atoms with Crippen LogP contribution in [0.3, 0.4) is 0 Å². The number of aromatic nitrogens is 2. The molecule has 0 fully saturated rings. The summed E-state index contributed by atoms with van der Waals surface area (Å²) < 4.78 is 36.8. The van der Waals surface area contributed by atoms with E-state index in [2.05, 4.69) is 15.3 Å². The van der Waals surface area contributed by atoms with Crippen molar-refractivity contribution in [1.82, 2.24) is 9.97 Å². The highest BCUT2D eigenvalue weighted by Crippen LogP contribution is 2.35. The molecular formula is C20H21FN4O4. The lowest BCUT2D eigenvalue weighted by atomic mass is 10.2. The third-order valence-corrected chi connectivity index (χ3v) is 4.29. The molecule has 8 nitrogen and oxygen atoms in total. The number of halogens is 1. The van der Waals surface area contributed by atoms with Crippen molar-refractivity contribution in [2.75, 3.05) is 50.7 Å². The fourth-order valence-corrected chi connectivity index (χ4v) is 2.89. The number of nitrogens with two attached hydrogens (primary N) is 1. The van der Waals surface area contributed by atoms with Gasteiger partial charge >= 0.3 is 0 Å². The molecule has 1 aliphatic rings. The second-order valence-electron chi connectivity index (χ2n) is 6.32. The Morgan fingerprint density at radius 1 is 0.862 bits per heavy atom. The number of nitrogens with one attached hydrogen (secondary N) is 1. The summed E-state index contributed by atoms with van der Waals surface area (Å²) in [6.07, 6.45) is 1.40. The van der Waals surface area contributed by atoms with Gasteiger partial charge < -0.3 is 30.0 Å². The van der Waals surface area contributed by atoms with Gasteiger partial charge in [0.05, 0.1) is 37.6 Å². The topological polar surface area (TPSA) is 101 Å². The maximum Gasteiger partial charge on any atom is 0.163 e. The van der Waals surface area contributed by atoms with E-state index in [-0.39, 0.29) is 5.69 Å². The molecule has 2 aromatic carbocycles. The van der Waals surface area contributed by atoms with E-state index in [4.69, 9.17) is 24.7 Å². The fraction of sp³-hybridized carbons (Fsp3) is 0.300. The first kappa shape index (κ1) is 19.2. The Morgan fingerprint density at radius 2 is 1.55 bits per heavy atom. The van der Waals surface area contributed by atoms with Crippen molar-refractivity contribution in [2.24, 2.45) is 0 Å². The SMILES string of the molecule is Nc1ccc(Nc2ncnc3cc4c(cc23)OCCOCCOCCO4)c(F)c1. The van der Waals surface area contributed by atoms with Gasteiger partial charge in [0.2, 0.25) is 0 Å². The van der Waals surface area contributed by atoms with Crippen LogP contribution in [0, 0.1) is 5.82 Å². The van der Waals surface area contributed by atoms with Crippen LogP contribution in [0.5, 0.6) is 11.5 Å². The molecule has 1 aliphatic heterocycles. The van der Waals surface area contributed by atoms with Crippen molar-refractivity contribution < 1.29 is 23.3 Å². The zero-order chi connectivity index (χ0) is 20.1. The summed E-state index contributed by atoms with van der Waals surface area (Å²) in [4.78, 5) is 8.56. The predicted molar refractivity (Wildman–Crippen MR) is 106 cm³/mol. The van der Waals surface area contributed by atoms with Crippen molar-refractivity contribution in [3.05, 3.63) is 42.5 Å². The van der Waals surface area contributed by atoms with E-state index in [1.54, 1.807) is 24.3 Å². The highest BCUT2D eigenvalue weighted by Gasteiger charge is 2.14. The summed E-state index contributed by atoms with van der Waals surface area (Å²) in [6, 6.07) is 7.96. The molecule has 0 saturated carbocycles. The van der Waals surface area contributed by atoms with Gasteiger partial charge in [-0.15, -0.1) is 0 Å². The maximum absolute atomic E-state index is 14.2. The van der Waals surface area contributed by atoms with Gasteiger partial charge in [-0.05, 0) is 24.3 Å². The van der Waals surface area contributed by atoms with Gasteiger partial charge in [-0.2, -0.15) is 0 Å². The smallest absolute Gasteiger partial charge is 0.163 e. The van der Waals surface area contributed by atoms with Gasteiger partial charge in [0.1, 0.15) is 31.2 Å². The average molecular weight is 400 g/mol. The van der Waals surface area contributed by atoms with Crippen molar-refractivity contribution >= 4 is 28.1 Å². The van der Waals surface area contributed by atoms with E-state index in [0.29, 0.717) is 73.5 Å². The highest BCUT2D eigenvalue weighted by molar-refractivity contribution is 5.93. The molecule has 29 heavy (non-hydrogen) atoms. The summed E-state index contributed by atoms with van der Waals surface area (Å²) >= 11 is 0. The Labute approximate surface area is 166 Å². The molecule has 3 N–H and O–H groups in total. The number of benzene rings is 2. The summed E-state index contributed by atoms with van der Waals surface area (Å²) in [5.41, 5.74) is 6.85. The Kier molecular flexibility index (Phi) is 5.87. The zero-order valence-corrected chi connectivity index (χ0v) is 15.7. The van der Waals surface area contributed by atoms with Gasteiger partial charge in [0.15, 0.2) is 11.5 Å². The number of hydrogen-bond donors (Lipinski definition) is 2. The number of fused-ring (bicyclic) bond motifs is 2. The largest absolute Gasteiger partial charge is 0.487 e. The molecule has 0 atom stereocenters. The first-order chi connectivity index (χ1) is 14.2. The van der Waals surface area contributed by atoms with Crippen LogP contribution in [0.2, 0.25) is 0 Å². The van der Waals surface area contributed by atoms with Crippen LogP contribution in [-0.2, 0) is 9.47 Å². The summed E-state index contributed by atoms with van der Waals surface area (Å²) in [5, 5.41) is 3.66. The molecule has 2 heterocycles. The minimum atomic E-state index is -0.472. The average Bonchev–Trinajstić information content (AvgIpc) is 2.70. The summed E-state index contributed by atoms with van der Waals surface area (Å²) in [5.74, 6) is 1.04. The second-order valence-corrected chi connectivity index (χ2v) is 6.32. The molecule has 9 heteroatoms. The quantitative estimate of drug-likeness (QED) is 0.634. The molecule has 0 saturated heterocycles. The van der Waals surface area contributed by atoms with Gasteiger partial charge in [-0.25, -0.2) is 14.4 Å². The van der Waals surface area contributed by atoms with Gasteiger partial charge in [-0.3, -0.25) is 0 Å². The summed E-state index contributed by atoms with van der Waals surface area (Å²) in [7, 11) is 0. The molecule has 0 amide bonds. The molecule has 0 aliphatic carbocycles. The predicted octanol–water partition coefficient (Wildman–Crippen LogP) is 2.90. The first-order valence-corrected chi connectivity index (χ1v) is 9.22. The van der Waals surface area contributed by atoms with Crippen LogP contribution in [0.4, 0.5) is 21.6 Å². The van der Waals surface area contributed by atoms with Crippen molar-refractivity contribution in [2.45, 2.75) is 0 Å². The van der Waals surface area contributed by atoms with Crippen molar-refractivity contribution in [1.29, 1.82) is 0 Å². The highest BCUT2D eigenvalue weighted by atomic mass is 19.1. The third-order valence-electron chi connectivity index (χ3n) is 4.29. The van der Waals surface area contributed by atoms with E-state index < -0.39 is 5.82 Å². The number of rotatable bonds is 2.